The van der Waals surface area contributed by atoms with Crippen LogP contribution >= 0.6 is 0 Å². The largest absolute Gasteiger partial charge is 0.388 e. The van der Waals surface area contributed by atoms with E-state index in [-0.39, 0.29) is 6.10 Å². The molecule has 2 atom stereocenters. The Labute approximate surface area is 79.7 Å². The first-order valence-corrected chi connectivity index (χ1v) is 4.59. The summed E-state index contributed by atoms with van der Waals surface area (Å²) in [5, 5.41) is 9.77. The topological polar surface area (TPSA) is 20.2 Å². The van der Waals surface area contributed by atoms with E-state index in [1.54, 1.807) is 0 Å². The molecule has 0 fully saturated rings. The van der Waals surface area contributed by atoms with Gasteiger partial charge in [-0.2, -0.15) is 0 Å². The van der Waals surface area contributed by atoms with E-state index < -0.39 is 0 Å². The molecule has 70 valence electrons. The molecule has 0 aliphatic rings. The van der Waals surface area contributed by atoms with Crippen molar-refractivity contribution in [1.29, 1.82) is 0 Å². The van der Waals surface area contributed by atoms with Gasteiger partial charge in [0.15, 0.2) is 0 Å². The molecule has 0 bridgehead atoms. The molecular weight excluding hydrogens is 160 g/mol. The van der Waals surface area contributed by atoms with Gasteiger partial charge >= 0.3 is 0 Å². The maximum Gasteiger partial charge on any atom is 0.0795 e. The first kappa shape index (κ1) is 10.0. The Morgan fingerprint density at radius 2 is 2.00 bits per heavy atom. The van der Waals surface area contributed by atoms with Crippen LogP contribution in [0.4, 0.5) is 0 Å². The monoisotopic (exact) mass is 176 g/mol. The summed E-state index contributed by atoms with van der Waals surface area (Å²) < 4.78 is 0. The zero-order valence-corrected chi connectivity index (χ0v) is 7.98. The first-order valence-electron chi connectivity index (χ1n) is 4.59. The van der Waals surface area contributed by atoms with Crippen molar-refractivity contribution >= 4 is 0 Å². The van der Waals surface area contributed by atoms with Gasteiger partial charge < -0.3 is 5.11 Å². The molecule has 0 unspecified atom stereocenters. The molecule has 1 aromatic carbocycles. The van der Waals surface area contributed by atoms with Gasteiger partial charge in [-0.25, -0.2) is 0 Å². The van der Waals surface area contributed by atoms with E-state index in [1.807, 2.05) is 36.4 Å². The van der Waals surface area contributed by atoms with Crippen molar-refractivity contribution in [3.63, 3.8) is 0 Å². The zero-order valence-electron chi connectivity index (χ0n) is 7.98. The van der Waals surface area contributed by atoms with Crippen LogP contribution in [0.25, 0.3) is 0 Å². The van der Waals surface area contributed by atoms with Crippen LogP contribution in [0.2, 0.25) is 0 Å². The van der Waals surface area contributed by atoms with Crippen LogP contribution in [0.1, 0.15) is 25.0 Å². The molecular formula is C12H16O. The highest BCUT2D eigenvalue weighted by Crippen LogP contribution is 2.20. The third-order valence-corrected chi connectivity index (χ3v) is 2.18. The molecule has 1 N–H and O–H groups in total. The van der Waals surface area contributed by atoms with Gasteiger partial charge in [0.25, 0.3) is 0 Å². The Morgan fingerprint density at radius 1 is 1.38 bits per heavy atom. The standard InChI is InChI=1S/C12H16O/c1-3-10(2)9-12(13)11-7-5-4-6-8-11/h3-8,10,12-13H,1,9H2,2H3/t10-,12+/m1/s1. The van der Waals surface area contributed by atoms with Gasteiger partial charge in [0.1, 0.15) is 0 Å². The maximum atomic E-state index is 9.77. The summed E-state index contributed by atoms with van der Waals surface area (Å²) in [5.74, 6) is 0.357. The summed E-state index contributed by atoms with van der Waals surface area (Å²) in [6, 6.07) is 9.72. The normalized spacial score (nSPS) is 14.9. The van der Waals surface area contributed by atoms with Gasteiger partial charge in [-0.05, 0) is 17.9 Å². The molecule has 0 radical (unpaired) electrons. The van der Waals surface area contributed by atoms with E-state index in [0.717, 1.165) is 12.0 Å². The van der Waals surface area contributed by atoms with Crippen LogP contribution < -0.4 is 0 Å². The van der Waals surface area contributed by atoms with Crippen molar-refractivity contribution in [3.8, 4) is 0 Å². The number of hydrogen-bond acceptors (Lipinski definition) is 1. The number of aliphatic hydroxyl groups excluding tert-OH is 1. The number of rotatable bonds is 4. The molecule has 0 aliphatic heterocycles. The van der Waals surface area contributed by atoms with Crippen molar-refractivity contribution in [2.75, 3.05) is 0 Å². The molecule has 0 spiro atoms. The second kappa shape index (κ2) is 4.83. The summed E-state index contributed by atoms with van der Waals surface area (Å²) >= 11 is 0. The van der Waals surface area contributed by atoms with E-state index in [1.165, 1.54) is 0 Å². The van der Waals surface area contributed by atoms with Crippen molar-refractivity contribution in [1.82, 2.24) is 0 Å². The van der Waals surface area contributed by atoms with E-state index >= 15 is 0 Å². The van der Waals surface area contributed by atoms with E-state index in [0.29, 0.717) is 5.92 Å². The molecule has 1 nitrogen and oxygen atoms in total. The Kier molecular flexibility index (Phi) is 3.71. The maximum absolute atomic E-state index is 9.77. The Hall–Kier alpha value is -1.08. The summed E-state index contributed by atoms with van der Waals surface area (Å²) in [6.07, 6.45) is 2.24. The van der Waals surface area contributed by atoms with E-state index in [4.69, 9.17) is 0 Å². The van der Waals surface area contributed by atoms with Gasteiger partial charge in [-0.1, -0.05) is 43.3 Å². The number of aliphatic hydroxyl groups is 1. The molecule has 0 aliphatic carbocycles. The van der Waals surface area contributed by atoms with Gasteiger partial charge in [-0.15, -0.1) is 6.58 Å². The Balaban J connectivity index is 2.58. The fourth-order valence-corrected chi connectivity index (χ4v) is 1.26. The van der Waals surface area contributed by atoms with Gasteiger partial charge in [0.2, 0.25) is 0 Å². The minimum absolute atomic E-state index is 0.357. The van der Waals surface area contributed by atoms with Crippen molar-refractivity contribution in [3.05, 3.63) is 48.6 Å². The number of benzene rings is 1. The molecule has 1 aromatic rings. The smallest absolute Gasteiger partial charge is 0.0795 e. The predicted molar refractivity (Wildman–Crippen MR) is 55.4 cm³/mol. The lowest BCUT2D eigenvalue weighted by Crippen LogP contribution is -2.01. The second-order valence-electron chi connectivity index (χ2n) is 3.38. The summed E-state index contributed by atoms with van der Waals surface area (Å²) in [6.45, 7) is 5.75. The highest BCUT2D eigenvalue weighted by atomic mass is 16.3. The van der Waals surface area contributed by atoms with E-state index in [2.05, 4.69) is 13.5 Å². The van der Waals surface area contributed by atoms with Crippen molar-refractivity contribution in [2.24, 2.45) is 5.92 Å². The lowest BCUT2D eigenvalue weighted by Gasteiger charge is -2.13. The predicted octanol–water partition coefficient (Wildman–Crippen LogP) is 2.93. The third kappa shape index (κ3) is 3.03. The number of allylic oxidation sites excluding steroid dienone is 1. The quantitative estimate of drug-likeness (QED) is 0.699. The van der Waals surface area contributed by atoms with Crippen LogP contribution in [0.5, 0.6) is 0 Å². The first-order chi connectivity index (χ1) is 6.24. The SMILES string of the molecule is C=C[C@@H](C)C[C@H](O)c1ccccc1. The molecule has 0 amide bonds. The average molecular weight is 176 g/mol. The molecule has 0 saturated heterocycles. The molecule has 0 aromatic heterocycles. The molecule has 0 saturated carbocycles. The lowest BCUT2D eigenvalue weighted by atomic mass is 9.98. The highest BCUT2D eigenvalue weighted by Gasteiger charge is 2.09. The fourth-order valence-electron chi connectivity index (χ4n) is 1.26. The Bertz CT molecular complexity index is 253. The van der Waals surface area contributed by atoms with Crippen LogP contribution in [0.3, 0.4) is 0 Å². The van der Waals surface area contributed by atoms with Gasteiger partial charge in [0, 0.05) is 0 Å². The average Bonchev–Trinajstić information content (AvgIpc) is 2.19. The van der Waals surface area contributed by atoms with Crippen LogP contribution in [-0.2, 0) is 0 Å². The molecule has 1 rings (SSSR count). The zero-order chi connectivity index (χ0) is 9.68. The van der Waals surface area contributed by atoms with Crippen LogP contribution in [0.15, 0.2) is 43.0 Å². The van der Waals surface area contributed by atoms with Crippen LogP contribution in [-0.4, -0.2) is 5.11 Å². The Morgan fingerprint density at radius 3 is 2.54 bits per heavy atom. The number of hydrogen-bond donors (Lipinski definition) is 1. The highest BCUT2D eigenvalue weighted by molar-refractivity contribution is 5.17. The summed E-state index contributed by atoms with van der Waals surface area (Å²) in [5.41, 5.74) is 0.983. The summed E-state index contributed by atoms with van der Waals surface area (Å²) in [7, 11) is 0. The van der Waals surface area contributed by atoms with Gasteiger partial charge in [-0.3, -0.25) is 0 Å². The molecule has 0 heterocycles. The minimum Gasteiger partial charge on any atom is -0.388 e. The van der Waals surface area contributed by atoms with Crippen LogP contribution in [0, 0.1) is 5.92 Å². The van der Waals surface area contributed by atoms with Crippen molar-refractivity contribution in [2.45, 2.75) is 19.4 Å². The minimum atomic E-state index is -0.366. The third-order valence-electron chi connectivity index (χ3n) is 2.18. The second-order valence-corrected chi connectivity index (χ2v) is 3.38. The lowest BCUT2D eigenvalue weighted by molar-refractivity contribution is 0.155. The fraction of sp³-hybridized carbons (Fsp3) is 0.333. The molecule has 13 heavy (non-hydrogen) atoms. The van der Waals surface area contributed by atoms with Gasteiger partial charge in [0.05, 0.1) is 6.10 Å². The van der Waals surface area contributed by atoms with Crippen molar-refractivity contribution < 1.29 is 5.11 Å². The summed E-state index contributed by atoms with van der Waals surface area (Å²) in [4.78, 5) is 0. The van der Waals surface area contributed by atoms with E-state index in [9.17, 15) is 5.11 Å². The molecule has 1 heteroatoms.